The molecule has 0 atom stereocenters. The Morgan fingerprint density at radius 3 is 2.82 bits per heavy atom. The van der Waals surface area contributed by atoms with Gasteiger partial charge in [0.05, 0.1) is 0 Å². The van der Waals surface area contributed by atoms with Crippen molar-refractivity contribution in [1.82, 2.24) is 5.32 Å². The van der Waals surface area contributed by atoms with Crippen LogP contribution in [0, 0.1) is 6.92 Å². The van der Waals surface area contributed by atoms with E-state index in [1.807, 2.05) is 11.8 Å². The van der Waals surface area contributed by atoms with Crippen molar-refractivity contribution in [2.75, 3.05) is 18.8 Å². The molecule has 0 unspecified atom stereocenters. The number of nitrogens with one attached hydrogen (secondary N) is 1. The van der Waals surface area contributed by atoms with E-state index in [1.165, 1.54) is 23.1 Å². The number of thioether (sulfide) groups is 1. The fourth-order valence-electron chi connectivity index (χ4n) is 1.57. The van der Waals surface area contributed by atoms with Crippen LogP contribution < -0.4 is 5.32 Å². The van der Waals surface area contributed by atoms with E-state index in [2.05, 4.69) is 50.0 Å². The Labute approximate surface area is 110 Å². The van der Waals surface area contributed by atoms with Gasteiger partial charge in [-0.15, -0.1) is 0 Å². The van der Waals surface area contributed by atoms with Gasteiger partial charge < -0.3 is 5.32 Å². The van der Waals surface area contributed by atoms with Crippen molar-refractivity contribution in [1.29, 1.82) is 0 Å². The van der Waals surface area contributed by atoms with Crippen LogP contribution in [0.4, 0.5) is 0 Å². The summed E-state index contributed by atoms with van der Waals surface area (Å²) in [4.78, 5) is 0. The van der Waals surface area contributed by atoms with Gasteiger partial charge in [0, 0.05) is 18.1 Å². The maximum Gasteiger partial charge on any atom is 0.0190 e. The summed E-state index contributed by atoms with van der Waals surface area (Å²) < 4.78 is 0. The van der Waals surface area contributed by atoms with Gasteiger partial charge in [0.15, 0.2) is 0 Å². The minimum Gasteiger partial charge on any atom is -0.313 e. The lowest BCUT2D eigenvalue weighted by Gasteiger charge is -2.08. The Balaban J connectivity index is 2.19. The zero-order valence-corrected chi connectivity index (χ0v) is 11.8. The summed E-state index contributed by atoms with van der Waals surface area (Å²) in [5.41, 5.74) is 4.11. The quantitative estimate of drug-likeness (QED) is 0.556. The topological polar surface area (TPSA) is 12.0 Å². The van der Waals surface area contributed by atoms with Crippen molar-refractivity contribution < 1.29 is 0 Å². The van der Waals surface area contributed by atoms with Gasteiger partial charge in [-0.2, -0.15) is 11.8 Å². The van der Waals surface area contributed by atoms with Crippen molar-refractivity contribution in [3.63, 3.8) is 0 Å². The third-order valence-corrected chi connectivity index (χ3v) is 3.75. The maximum absolute atomic E-state index is 4.10. The highest BCUT2D eigenvalue weighted by atomic mass is 32.2. The molecule has 1 N–H and O–H groups in total. The van der Waals surface area contributed by atoms with E-state index in [1.54, 1.807) is 0 Å². The molecule has 0 aliphatic rings. The van der Waals surface area contributed by atoms with Gasteiger partial charge in [-0.05, 0) is 31.0 Å². The Morgan fingerprint density at radius 1 is 1.35 bits per heavy atom. The third-order valence-electron chi connectivity index (χ3n) is 2.63. The average Bonchev–Trinajstić information content (AvgIpc) is 2.32. The monoisotopic (exact) mass is 249 g/mol. The second kappa shape index (κ2) is 8.37. The van der Waals surface area contributed by atoms with Crippen LogP contribution in [-0.4, -0.2) is 18.8 Å². The van der Waals surface area contributed by atoms with Crippen LogP contribution in [0.3, 0.4) is 0 Å². The first kappa shape index (κ1) is 14.3. The van der Waals surface area contributed by atoms with Crippen molar-refractivity contribution in [2.24, 2.45) is 0 Å². The number of hydrogen-bond acceptors (Lipinski definition) is 2. The Hall–Kier alpha value is -0.730. The Morgan fingerprint density at radius 2 is 2.12 bits per heavy atom. The van der Waals surface area contributed by atoms with Crippen molar-refractivity contribution in [3.8, 4) is 0 Å². The second-order valence-corrected chi connectivity index (χ2v) is 5.33. The average molecular weight is 249 g/mol. The lowest BCUT2D eigenvalue weighted by atomic mass is 10.1. The lowest BCUT2D eigenvalue weighted by Crippen LogP contribution is -2.18. The summed E-state index contributed by atoms with van der Waals surface area (Å²) in [6.45, 7) is 10.5. The summed E-state index contributed by atoms with van der Waals surface area (Å²) in [7, 11) is 0. The first-order valence-electron chi connectivity index (χ1n) is 6.23. The van der Waals surface area contributed by atoms with Gasteiger partial charge >= 0.3 is 0 Å². The highest BCUT2D eigenvalue weighted by Crippen LogP contribution is 2.17. The van der Waals surface area contributed by atoms with Gasteiger partial charge in [0.25, 0.3) is 0 Å². The van der Waals surface area contributed by atoms with E-state index in [-0.39, 0.29) is 0 Å². The molecule has 2 heteroatoms. The number of hydrogen-bond donors (Lipinski definition) is 1. The molecule has 0 saturated carbocycles. The maximum atomic E-state index is 4.10. The van der Waals surface area contributed by atoms with Crippen LogP contribution in [-0.2, 0) is 5.75 Å². The highest BCUT2D eigenvalue weighted by Gasteiger charge is 1.99. The minimum atomic E-state index is 0.953. The highest BCUT2D eigenvalue weighted by molar-refractivity contribution is 7.98. The van der Waals surface area contributed by atoms with Crippen LogP contribution in [0.1, 0.15) is 24.5 Å². The summed E-state index contributed by atoms with van der Waals surface area (Å²) in [5, 5.41) is 3.38. The molecule has 0 aliphatic heterocycles. The first-order valence-corrected chi connectivity index (χ1v) is 7.39. The van der Waals surface area contributed by atoms with Crippen molar-refractivity contribution in [2.45, 2.75) is 26.0 Å². The number of rotatable bonds is 8. The normalized spacial score (nSPS) is 10.5. The standard InChI is InChI=1S/C15H23NS/c1-4-9-16-10-13(2)11-17-12-15-8-6-5-7-14(15)3/h5-8,16H,2,4,9-12H2,1,3H3. The van der Waals surface area contributed by atoms with Gasteiger partial charge in [-0.3, -0.25) is 0 Å². The van der Waals surface area contributed by atoms with Crippen LogP contribution >= 0.6 is 11.8 Å². The Kier molecular flexibility index (Phi) is 7.06. The SMILES string of the molecule is C=C(CNCCC)CSCc1ccccc1C. The first-order chi connectivity index (χ1) is 8.24. The van der Waals surface area contributed by atoms with Crippen molar-refractivity contribution in [3.05, 3.63) is 47.5 Å². The van der Waals surface area contributed by atoms with Crippen LogP contribution in [0.15, 0.2) is 36.4 Å². The summed E-state index contributed by atoms with van der Waals surface area (Å²) >= 11 is 1.95. The van der Waals surface area contributed by atoms with Crippen LogP contribution in [0.25, 0.3) is 0 Å². The van der Waals surface area contributed by atoms with Gasteiger partial charge in [-0.1, -0.05) is 43.3 Å². The van der Waals surface area contributed by atoms with E-state index in [4.69, 9.17) is 0 Å². The molecule has 0 radical (unpaired) electrons. The molecule has 0 bridgehead atoms. The molecular weight excluding hydrogens is 226 g/mol. The van der Waals surface area contributed by atoms with Gasteiger partial charge in [0.2, 0.25) is 0 Å². The smallest absolute Gasteiger partial charge is 0.0190 e. The molecule has 0 spiro atoms. The minimum absolute atomic E-state index is 0.953. The number of aryl methyl sites for hydroxylation is 1. The predicted molar refractivity (Wildman–Crippen MR) is 79.6 cm³/mol. The zero-order chi connectivity index (χ0) is 12.5. The van der Waals surface area contributed by atoms with E-state index >= 15 is 0 Å². The fourth-order valence-corrected chi connectivity index (χ4v) is 2.61. The predicted octanol–water partition coefficient (Wildman–Crippen LogP) is 3.78. The molecule has 1 nitrogen and oxygen atoms in total. The van der Waals surface area contributed by atoms with E-state index in [0.717, 1.165) is 24.6 Å². The summed E-state index contributed by atoms with van der Waals surface area (Å²) in [6, 6.07) is 8.59. The largest absolute Gasteiger partial charge is 0.313 e. The van der Waals surface area contributed by atoms with E-state index in [9.17, 15) is 0 Å². The molecule has 0 amide bonds. The van der Waals surface area contributed by atoms with Crippen molar-refractivity contribution >= 4 is 11.8 Å². The molecule has 0 aliphatic carbocycles. The summed E-state index contributed by atoms with van der Waals surface area (Å²) in [6.07, 6.45) is 1.18. The Bertz CT molecular complexity index is 347. The zero-order valence-electron chi connectivity index (χ0n) is 11.0. The molecule has 17 heavy (non-hydrogen) atoms. The molecule has 0 fully saturated rings. The number of benzene rings is 1. The van der Waals surface area contributed by atoms with Gasteiger partial charge in [0.1, 0.15) is 0 Å². The molecule has 1 rings (SSSR count). The van der Waals surface area contributed by atoms with Crippen LogP contribution in [0.2, 0.25) is 0 Å². The van der Waals surface area contributed by atoms with Crippen LogP contribution in [0.5, 0.6) is 0 Å². The molecule has 0 saturated heterocycles. The van der Waals surface area contributed by atoms with Gasteiger partial charge in [-0.25, -0.2) is 0 Å². The molecule has 0 aromatic heterocycles. The molecule has 0 heterocycles. The van der Waals surface area contributed by atoms with E-state index < -0.39 is 0 Å². The molecule has 1 aromatic carbocycles. The molecule has 94 valence electrons. The van der Waals surface area contributed by atoms with E-state index in [0.29, 0.717) is 0 Å². The second-order valence-electron chi connectivity index (χ2n) is 4.35. The lowest BCUT2D eigenvalue weighted by molar-refractivity contribution is 0.716. The molecule has 1 aromatic rings. The third kappa shape index (κ3) is 5.94. The fraction of sp³-hybridized carbons (Fsp3) is 0.467. The molecular formula is C15H23NS. The summed E-state index contributed by atoms with van der Waals surface area (Å²) in [5.74, 6) is 2.13.